The van der Waals surface area contributed by atoms with Gasteiger partial charge in [0.05, 0.1) is 0 Å². The topological polar surface area (TPSA) is 11.4 Å². The number of rotatable bonds is 4. The molecule has 3 rings (SSSR count). The van der Waals surface area contributed by atoms with Gasteiger partial charge in [0.2, 0.25) is 0 Å². The number of hydrogen-bond acceptors (Lipinski definition) is 2. The Labute approximate surface area is 140 Å². The van der Waals surface area contributed by atoms with Crippen LogP contribution in [0.15, 0.2) is 24.3 Å². The zero-order chi connectivity index (χ0) is 16.6. The molecular formula is C20H31N3. The van der Waals surface area contributed by atoms with E-state index < -0.39 is 0 Å². The maximum atomic E-state index is 2.67. The van der Waals surface area contributed by atoms with E-state index in [0.29, 0.717) is 12.1 Å². The van der Waals surface area contributed by atoms with Crippen molar-refractivity contribution in [3.63, 3.8) is 0 Å². The van der Waals surface area contributed by atoms with Gasteiger partial charge < -0.3 is 4.57 Å². The van der Waals surface area contributed by atoms with Crippen LogP contribution in [0, 0.1) is 6.92 Å². The molecule has 23 heavy (non-hydrogen) atoms. The van der Waals surface area contributed by atoms with Crippen molar-refractivity contribution in [2.24, 2.45) is 7.05 Å². The first kappa shape index (κ1) is 16.5. The summed E-state index contributed by atoms with van der Waals surface area (Å²) in [5.41, 5.74) is 4.11. The highest BCUT2D eigenvalue weighted by Gasteiger charge is 2.27. The number of piperazine rings is 1. The third-order valence-electron chi connectivity index (χ3n) is 5.43. The first-order valence-corrected chi connectivity index (χ1v) is 9.02. The summed E-state index contributed by atoms with van der Waals surface area (Å²) in [7, 11) is 2.20. The van der Waals surface area contributed by atoms with Crippen molar-refractivity contribution in [2.75, 3.05) is 19.6 Å². The van der Waals surface area contributed by atoms with Crippen LogP contribution in [0.1, 0.15) is 38.4 Å². The summed E-state index contributed by atoms with van der Waals surface area (Å²) in [6.45, 7) is 13.8. The molecule has 1 aromatic heterocycles. The standard InChI is InChI=1S/C20H31N3/c1-6-18-13-22(9-10-23(18)15(2)3)14-19-12-17-11-16(4)7-8-20(17)21(19)5/h7-8,11-12,15,18H,6,9-10,13-14H2,1-5H3/t18-/m1/s1. The van der Waals surface area contributed by atoms with Crippen molar-refractivity contribution in [1.29, 1.82) is 0 Å². The summed E-state index contributed by atoms with van der Waals surface area (Å²) in [5.74, 6) is 0. The largest absolute Gasteiger partial charge is 0.346 e. The van der Waals surface area contributed by atoms with Crippen LogP contribution in [-0.4, -0.2) is 46.1 Å². The second-order valence-electron chi connectivity index (χ2n) is 7.39. The third-order valence-corrected chi connectivity index (χ3v) is 5.43. The molecule has 0 spiro atoms. The van der Waals surface area contributed by atoms with Crippen molar-refractivity contribution in [3.05, 3.63) is 35.5 Å². The monoisotopic (exact) mass is 313 g/mol. The molecule has 0 bridgehead atoms. The Morgan fingerprint density at radius 3 is 2.65 bits per heavy atom. The molecule has 0 amide bonds. The highest BCUT2D eigenvalue weighted by atomic mass is 15.3. The molecule has 3 heteroatoms. The molecule has 1 fully saturated rings. The summed E-state index contributed by atoms with van der Waals surface area (Å²) in [6, 6.07) is 10.5. The van der Waals surface area contributed by atoms with Crippen LogP contribution in [0.4, 0.5) is 0 Å². The van der Waals surface area contributed by atoms with Gasteiger partial charge in [-0.05, 0) is 45.4 Å². The van der Waals surface area contributed by atoms with Gasteiger partial charge in [-0.25, -0.2) is 0 Å². The van der Waals surface area contributed by atoms with Gasteiger partial charge in [-0.1, -0.05) is 18.6 Å². The van der Waals surface area contributed by atoms with Crippen LogP contribution in [0.3, 0.4) is 0 Å². The van der Waals surface area contributed by atoms with E-state index in [4.69, 9.17) is 0 Å². The highest BCUT2D eigenvalue weighted by molar-refractivity contribution is 5.82. The molecule has 1 aliphatic rings. The molecule has 2 heterocycles. The van der Waals surface area contributed by atoms with Gasteiger partial charge in [-0.2, -0.15) is 0 Å². The van der Waals surface area contributed by atoms with Crippen LogP contribution < -0.4 is 0 Å². The van der Waals surface area contributed by atoms with E-state index in [0.717, 1.165) is 6.54 Å². The molecule has 1 saturated heterocycles. The van der Waals surface area contributed by atoms with E-state index in [2.05, 4.69) is 73.4 Å². The quantitative estimate of drug-likeness (QED) is 0.851. The Balaban J connectivity index is 1.76. The van der Waals surface area contributed by atoms with Gasteiger partial charge in [-0.3, -0.25) is 9.80 Å². The number of fused-ring (bicyclic) bond motifs is 1. The lowest BCUT2D eigenvalue weighted by Gasteiger charge is -2.43. The van der Waals surface area contributed by atoms with Crippen molar-refractivity contribution in [2.45, 2.75) is 52.7 Å². The van der Waals surface area contributed by atoms with Gasteiger partial charge in [-0.15, -0.1) is 0 Å². The van der Waals surface area contributed by atoms with Gasteiger partial charge >= 0.3 is 0 Å². The van der Waals surface area contributed by atoms with Crippen LogP contribution in [0.5, 0.6) is 0 Å². The zero-order valence-corrected chi connectivity index (χ0v) is 15.3. The van der Waals surface area contributed by atoms with Gasteiger partial charge in [0.15, 0.2) is 0 Å². The highest BCUT2D eigenvalue weighted by Crippen LogP contribution is 2.23. The lowest BCUT2D eigenvalue weighted by molar-refractivity contribution is 0.0448. The Bertz CT molecular complexity index is 671. The van der Waals surface area contributed by atoms with E-state index in [-0.39, 0.29) is 0 Å². The fourth-order valence-corrected chi connectivity index (χ4v) is 4.03. The van der Waals surface area contributed by atoms with Crippen molar-refractivity contribution in [3.8, 4) is 0 Å². The molecule has 0 aliphatic carbocycles. The first-order valence-electron chi connectivity index (χ1n) is 9.02. The van der Waals surface area contributed by atoms with E-state index in [1.165, 1.54) is 48.2 Å². The van der Waals surface area contributed by atoms with E-state index in [9.17, 15) is 0 Å². The summed E-state index contributed by atoms with van der Waals surface area (Å²) in [6.07, 6.45) is 1.24. The lowest BCUT2D eigenvalue weighted by atomic mass is 10.1. The molecular weight excluding hydrogens is 282 g/mol. The maximum Gasteiger partial charge on any atom is 0.0480 e. The van der Waals surface area contributed by atoms with E-state index in [1.807, 2.05) is 0 Å². The maximum absolute atomic E-state index is 2.67. The SMILES string of the molecule is CC[C@@H]1CN(Cc2cc3cc(C)ccc3n2C)CCN1C(C)C. The van der Waals surface area contributed by atoms with Crippen LogP contribution in [0.2, 0.25) is 0 Å². The van der Waals surface area contributed by atoms with E-state index in [1.54, 1.807) is 0 Å². The minimum atomic E-state index is 0.655. The Morgan fingerprint density at radius 2 is 1.96 bits per heavy atom. The number of nitrogens with zero attached hydrogens (tertiary/aromatic N) is 3. The van der Waals surface area contributed by atoms with Gasteiger partial charge in [0.25, 0.3) is 0 Å². The Morgan fingerprint density at radius 1 is 1.17 bits per heavy atom. The van der Waals surface area contributed by atoms with Crippen LogP contribution in [0.25, 0.3) is 10.9 Å². The molecule has 1 atom stereocenters. The van der Waals surface area contributed by atoms with Crippen LogP contribution in [-0.2, 0) is 13.6 Å². The predicted octanol–water partition coefficient (Wildman–Crippen LogP) is 3.79. The minimum absolute atomic E-state index is 0.655. The molecule has 0 unspecified atom stereocenters. The van der Waals surface area contributed by atoms with Crippen molar-refractivity contribution >= 4 is 10.9 Å². The normalized spacial score (nSPS) is 20.7. The van der Waals surface area contributed by atoms with Gasteiger partial charge in [0.1, 0.15) is 0 Å². The molecule has 1 aromatic carbocycles. The zero-order valence-electron chi connectivity index (χ0n) is 15.3. The van der Waals surface area contributed by atoms with Crippen molar-refractivity contribution < 1.29 is 0 Å². The lowest BCUT2D eigenvalue weighted by Crippen LogP contribution is -2.54. The third kappa shape index (κ3) is 3.31. The number of hydrogen-bond donors (Lipinski definition) is 0. The Kier molecular flexibility index (Phi) is 4.79. The molecule has 3 nitrogen and oxygen atoms in total. The van der Waals surface area contributed by atoms with Crippen molar-refractivity contribution in [1.82, 2.24) is 14.4 Å². The molecule has 2 aromatic rings. The average molecular weight is 313 g/mol. The fourth-order valence-electron chi connectivity index (χ4n) is 4.03. The van der Waals surface area contributed by atoms with Crippen LogP contribution >= 0.6 is 0 Å². The molecule has 0 N–H and O–H groups in total. The van der Waals surface area contributed by atoms with E-state index >= 15 is 0 Å². The summed E-state index contributed by atoms with van der Waals surface area (Å²) >= 11 is 0. The summed E-state index contributed by atoms with van der Waals surface area (Å²) in [4.78, 5) is 5.30. The smallest absolute Gasteiger partial charge is 0.0480 e. The fraction of sp³-hybridized carbons (Fsp3) is 0.600. The minimum Gasteiger partial charge on any atom is -0.346 e. The number of aryl methyl sites for hydroxylation is 2. The second kappa shape index (κ2) is 6.66. The summed E-state index contributed by atoms with van der Waals surface area (Å²) < 4.78 is 2.37. The first-order chi connectivity index (χ1) is 11.0. The summed E-state index contributed by atoms with van der Waals surface area (Å²) in [5, 5.41) is 1.37. The number of benzene rings is 1. The van der Waals surface area contributed by atoms with Gasteiger partial charge in [0, 0.05) is 61.9 Å². The molecule has 0 radical (unpaired) electrons. The number of aromatic nitrogens is 1. The Hall–Kier alpha value is -1.32. The second-order valence-corrected chi connectivity index (χ2v) is 7.39. The molecule has 1 aliphatic heterocycles. The average Bonchev–Trinajstić information content (AvgIpc) is 2.82. The molecule has 126 valence electrons. The predicted molar refractivity (Wildman–Crippen MR) is 98.9 cm³/mol. The molecule has 0 saturated carbocycles.